The summed E-state index contributed by atoms with van der Waals surface area (Å²) < 4.78 is 5.51. The lowest BCUT2D eigenvalue weighted by molar-refractivity contribution is -0.121. The maximum atomic E-state index is 11.3. The molecule has 0 saturated carbocycles. The second-order valence-electron chi connectivity index (χ2n) is 3.95. The third kappa shape index (κ3) is 4.53. The molecule has 1 aliphatic rings. The number of piperidine rings is 1. The fourth-order valence-electron chi connectivity index (χ4n) is 1.53. The Balaban J connectivity index is 2.19. The minimum atomic E-state index is 0.0727. The Morgan fingerprint density at radius 1 is 1.43 bits per heavy atom. The number of hydrogen-bond acceptors (Lipinski definition) is 3. The Morgan fingerprint density at radius 3 is 2.64 bits per heavy atom. The summed E-state index contributed by atoms with van der Waals surface area (Å²) in [5.74, 6) is 0.0727. The van der Waals surface area contributed by atoms with Crippen molar-refractivity contribution in [2.24, 2.45) is 0 Å². The first-order valence-electron chi connectivity index (χ1n) is 5.18. The van der Waals surface area contributed by atoms with Crippen molar-refractivity contribution in [2.75, 3.05) is 19.7 Å². The predicted octanol–water partition coefficient (Wildman–Crippen LogP) is 1.29. The first-order chi connectivity index (χ1) is 6.68. The third-order valence-corrected chi connectivity index (χ3v) is 2.20. The smallest absolute Gasteiger partial charge is 0.181 e. The Hall–Kier alpha value is -0.670. The standard InChI is InChI=1S/C11H19NO2/c1-9(2)7-10(13)8-14-11-3-5-12-6-4-11/h7,11-12H,3-6,8H2,1-2H3. The van der Waals surface area contributed by atoms with Gasteiger partial charge in [0.15, 0.2) is 5.78 Å². The van der Waals surface area contributed by atoms with Gasteiger partial charge in [-0.3, -0.25) is 4.79 Å². The molecule has 0 aromatic heterocycles. The first kappa shape index (κ1) is 11.4. The average molecular weight is 197 g/mol. The van der Waals surface area contributed by atoms with E-state index in [1.54, 1.807) is 6.08 Å². The fourth-order valence-corrected chi connectivity index (χ4v) is 1.53. The minimum Gasteiger partial charge on any atom is -0.370 e. The van der Waals surface area contributed by atoms with Crippen LogP contribution in [0.1, 0.15) is 26.7 Å². The van der Waals surface area contributed by atoms with Gasteiger partial charge in [-0.05, 0) is 45.9 Å². The number of ketones is 1. The lowest BCUT2D eigenvalue weighted by atomic mass is 10.1. The summed E-state index contributed by atoms with van der Waals surface area (Å²) in [6.07, 6.45) is 3.94. The molecule has 3 heteroatoms. The molecule has 1 heterocycles. The van der Waals surface area contributed by atoms with Crippen LogP contribution >= 0.6 is 0 Å². The zero-order valence-electron chi connectivity index (χ0n) is 9.01. The Morgan fingerprint density at radius 2 is 2.07 bits per heavy atom. The zero-order chi connectivity index (χ0) is 10.4. The number of allylic oxidation sites excluding steroid dienone is 1. The molecule has 0 amide bonds. The van der Waals surface area contributed by atoms with Gasteiger partial charge < -0.3 is 10.1 Å². The number of hydrogen-bond donors (Lipinski definition) is 1. The number of nitrogens with one attached hydrogen (secondary N) is 1. The summed E-state index contributed by atoms with van der Waals surface area (Å²) >= 11 is 0. The number of carbonyl (C=O) groups excluding carboxylic acids is 1. The van der Waals surface area contributed by atoms with E-state index in [4.69, 9.17) is 4.74 Å². The molecule has 0 spiro atoms. The van der Waals surface area contributed by atoms with Crippen molar-refractivity contribution in [3.05, 3.63) is 11.6 Å². The molecule has 3 nitrogen and oxygen atoms in total. The van der Waals surface area contributed by atoms with E-state index in [0.717, 1.165) is 31.5 Å². The van der Waals surface area contributed by atoms with Gasteiger partial charge >= 0.3 is 0 Å². The van der Waals surface area contributed by atoms with Crippen LogP contribution in [-0.2, 0) is 9.53 Å². The second kappa shape index (κ2) is 5.94. The Kier molecular flexibility index (Phi) is 4.84. The lowest BCUT2D eigenvalue weighted by Crippen LogP contribution is -2.33. The monoisotopic (exact) mass is 197 g/mol. The van der Waals surface area contributed by atoms with Crippen molar-refractivity contribution < 1.29 is 9.53 Å². The molecule has 0 bridgehead atoms. The molecule has 1 fully saturated rings. The van der Waals surface area contributed by atoms with E-state index >= 15 is 0 Å². The molecule has 0 aromatic rings. The highest BCUT2D eigenvalue weighted by atomic mass is 16.5. The Labute approximate surface area is 85.5 Å². The Bertz CT molecular complexity index is 213. The van der Waals surface area contributed by atoms with Crippen LogP contribution in [0.2, 0.25) is 0 Å². The molecule has 0 aliphatic carbocycles. The van der Waals surface area contributed by atoms with Gasteiger partial charge in [0, 0.05) is 0 Å². The van der Waals surface area contributed by atoms with Crippen LogP contribution in [0.15, 0.2) is 11.6 Å². The molecule has 1 rings (SSSR count). The van der Waals surface area contributed by atoms with Crippen LogP contribution in [0.25, 0.3) is 0 Å². The molecule has 80 valence electrons. The van der Waals surface area contributed by atoms with Crippen molar-refractivity contribution in [2.45, 2.75) is 32.8 Å². The normalized spacial score (nSPS) is 17.9. The molecule has 1 saturated heterocycles. The SMILES string of the molecule is CC(C)=CC(=O)COC1CCNCC1. The molecule has 0 aromatic carbocycles. The van der Waals surface area contributed by atoms with E-state index in [1.165, 1.54) is 0 Å². The van der Waals surface area contributed by atoms with Gasteiger partial charge in [-0.25, -0.2) is 0 Å². The molecule has 14 heavy (non-hydrogen) atoms. The topological polar surface area (TPSA) is 38.3 Å². The third-order valence-electron chi connectivity index (χ3n) is 2.20. The van der Waals surface area contributed by atoms with Crippen molar-refractivity contribution in [3.8, 4) is 0 Å². The highest BCUT2D eigenvalue weighted by Gasteiger charge is 2.13. The summed E-state index contributed by atoms with van der Waals surface area (Å²) in [7, 11) is 0. The summed E-state index contributed by atoms with van der Waals surface area (Å²) in [5.41, 5.74) is 1.03. The van der Waals surface area contributed by atoms with E-state index in [2.05, 4.69) is 5.32 Å². The fraction of sp³-hybridized carbons (Fsp3) is 0.727. The van der Waals surface area contributed by atoms with Crippen molar-refractivity contribution in [3.63, 3.8) is 0 Å². The van der Waals surface area contributed by atoms with Crippen molar-refractivity contribution >= 4 is 5.78 Å². The van der Waals surface area contributed by atoms with Crippen molar-refractivity contribution in [1.29, 1.82) is 0 Å². The van der Waals surface area contributed by atoms with Gasteiger partial charge in [-0.2, -0.15) is 0 Å². The van der Waals surface area contributed by atoms with Gasteiger partial charge in [0.25, 0.3) is 0 Å². The molecular weight excluding hydrogens is 178 g/mol. The molecule has 0 radical (unpaired) electrons. The van der Waals surface area contributed by atoms with E-state index in [1.807, 2.05) is 13.8 Å². The van der Waals surface area contributed by atoms with E-state index in [0.29, 0.717) is 0 Å². The predicted molar refractivity (Wildman–Crippen MR) is 56.3 cm³/mol. The number of carbonyl (C=O) groups is 1. The van der Waals surface area contributed by atoms with Crippen LogP contribution in [0.3, 0.4) is 0 Å². The van der Waals surface area contributed by atoms with Gasteiger partial charge in [0.2, 0.25) is 0 Å². The lowest BCUT2D eigenvalue weighted by Gasteiger charge is -2.22. The summed E-state index contributed by atoms with van der Waals surface area (Å²) in [5, 5.41) is 3.26. The van der Waals surface area contributed by atoms with Crippen LogP contribution in [-0.4, -0.2) is 31.6 Å². The van der Waals surface area contributed by atoms with E-state index < -0.39 is 0 Å². The van der Waals surface area contributed by atoms with Crippen LogP contribution in [0, 0.1) is 0 Å². The maximum absolute atomic E-state index is 11.3. The second-order valence-corrected chi connectivity index (χ2v) is 3.95. The number of rotatable bonds is 4. The molecular formula is C11H19NO2. The van der Waals surface area contributed by atoms with E-state index in [9.17, 15) is 4.79 Å². The minimum absolute atomic E-state index is 0.0727. The molecule has 1 aliphatic heterocycles. The number of ether oxygens (including phenoxy) is 1. The highest BCUT2D eigenvalue weighted by Crippen LogP contribution is 2.06. The summed E-state index contributed by atoms with van der Waals surface area (Å²) in [4.78, 5) is 11.3. The maximum Gasteiger partial charge on any atom is 0.181 e. The van der Waals surface area contributed by atoms with Gasteiger partial charge in [-0.1, -0.05) is 5.57 Å². The zero-order valence-corrected chi connectivity index (χ0v) is 9.01. The quantitative estimate of drug-likeness (QED) is 0.690. The highest BCUT2D eigenvalue weighted by molar-refractivity contribution is 5.91. The molecule has 0 unspecified atom stereocenters. The first-order valence-corrected chi connectivity index (χ1v) is 5.18. The molecule has 0 atom stereocenters. The summed E-state index contributed by atoms with van der Waals surface area (Å²) in [6.45, 7) is 6.07. The van der Waals surface area contributed by atoms with Gasteiger partial charge in [0.05, 0.1) is 6.10 Å². The van der Waals surface area contributed by atoms with Crippen LogP contribution in [0.4, 0.5) is 0 Å². The van der Waals surface area contributed by atoms with Crippen LogP contribution < -0.4 is 5.32 Å². The van der Waals surface area contributed by atoms with Crippen molar-refractivity contribution in [1.82, 2.24) is 5.32 Å². The summed E-state index contributed by atoms with van der Waals surface area (Å²) in [6, 6.07) is 0. The van der Waals surface area contributed by atoms with E-state index in [-0.39, 0.29) is 18.5 Å². The average Bonchev–Trinajstić information content (AvgIpc) is 2.15. The molecule has 1 N–H and O–H groups in total. The van der Waals surface area contributed by atoms with Gasteiger partial charge in [0.1, 0.15) is 6.61 Å². The van der Waals surface area contributed by atoms with Gasteiger partial charge in [-0.15, -0.1) is 0 Å². The van der Waals surface area contributed by atoms with Crippen LogP contribution in [0.5, 0.6) is 0 Å². The largest absolute Gasteiger partial charge is 0.370 e.